The molecular weight excluding hydrogens is 358 g/mol. The predicted molar refractivity (Wildman–Crippen MR) is 114 cm³/mol. The van der Waals surface area contributed by atoms with Gasteiger partial charge in [-0.2, -0.15) is 5.10 Å². The smallest absolute Gasteiger partial charge is 0.162 e. The third-order valence-corrected chi connectivity index (χ3v) is 9.23. The zero-order valence-electron chi connectivity index (χ0n) is 17.5. The van der Waals surface area contributed by atoms with Crippen molar-refractivity contribution in [3.63, 3.8) is 0 Å². The molecule has 6 atom stereocenters. The van der Waals surface area contributed by atoms with Crippen LogP contribution in [0.15, 0.2) is 42.4 Å². The molecule has 0 aromatic carbocycles. The molecule has 4 aliphatic carbocycles. The predicted octanol–water partition coefficient (Wildman–Crippen LogP) is 5.05. The summed E-state index contributed by atoms with van der Waals surface area (Å²) in [5.74, 6) is 2.22. The molecule has 6 rings (SSSR count). The molecule has 2 fully saturated rings. The van der Waals surface area contributed by atoms with E-state index in [-0.39, 0.29) is 11.5 Å². The first-order chi connectivity index (χ1) is 14.0. The number of nitrogens with zero attached hydrogens (tertiary/aromatic N) is 3. The minimum atomic E-state index is -0.123. The van der Waals surface area contributed by atoms with Gasteiger partial charge in [0.2, 0.25) is 0 Å². The molecule has 4 aliphatic rings. The molecule has 2 aromatic heterocycles. The number of hydrogen-bond donors (Lipinski definition) is 1. The zero-order valence-corrected chi connectivity index (χ0v) is 17.5. The lowest BCUT2D eigenvalue weighted by Crippen LogP contribution is -2.49. The molecule has 0 bridgehead atoms. The highest BCUT2D eigenvalue weighted by atomic mass is 16.3. The van der Waals surface area contributed by atoms with Crippen molar-refractivity contribution in [3.05, 3.63) is 47.9 Å². The Bertz CT molecular complexity index is 1040. The second-order valence-corrected chi connectivity index (χ2v) is 10.4. The summed E-state index contributed by atoms with van der Waals surface area (Å²) in [4.78, 5) is 4.63. The van der Waals surface area contributed by atoms with Crippen LogP contribution in [0.1, 0.15) is 64.4 Å². The summed E-state index contributed by atoms with van der Waals surface area (Å²) in [6.07, 6.45) is 18.7. The normalized spacial score (nSPS) is 41.3. The summed E-state index contributed by atoms with van der Waals surface area (Å²) in [6, 6.07) is 1.94. The summed E-state index contributed by atoms with van der Waals surface area (Å²) in [5.41, 5.74) is 5.78. The van der Waals surface area contributed by atoms with Crippen molar-refractivity contribution in [2.45, 2.75) is 64.9 Å². The molecule has 2 aromatic rings. The van der Waals surface area contributed by atoms with Gasteiger partial charge in [0.05, 0.1) is 12.3 Å². The minimum absolute atomic E-state index is 0.123. The van der Waals surface area contributed by atoms with Crippen molar-refractivity contribution in [1.82, 2.24) is 14.6 Å². The first-order valence-electron chi connectivity index (χ1n) is 11.4. The number of aromatic nitrogens is 3. The Balaban J connectivity index is 1.36. The molecule has 4 nitrogen and oxygen atoms in total. The third-order valence-electron chi connectivity index (χ3n) is 9.23. The van der Waals surface area contributed by atoms with Gasteiger partial charge in [-0.3, -0.25) is 0 Å². The zero-order chi connectivity index (χ0) is 19.8. The quantitative estimate of drug-likeness (QED) is 0.695. The molecule has 4 heteroatoms. The van der Waals surface area contributed by atoms with E-state index in [4.69, 9.17) is 0 Å². The highest BCUT2D eigenvalue weighted by Gasteiger charge is 2.57. The molecule has 0 amide bonds. The summed E-state index contributed by atoms with van der Waals surface area (Å²) < 4.78 is 1.91. The lowest BCUT2D eigenvalue weighted by atomic mass is 9.47. The molecule has 3 unspecified atom stereocenters. The van der Waals surface area contributed by atoms with Crippen molar-refractivity contribution < 1.29 is 5.11 Å². The van der Waals surface area contributed by atoms with Crippen LogP contribution in [0, 0.1) is 28.6 Å². The Morgan fingerprint density at radius 3 is 2.83 bits per heavy atom. The topological polar surface area (TPSA) is 50.4 Å². The van der Waals surface area contributed by atoms with E-state index < -0.39 is 0 Å². The van der Waals surface area contributed by atoms with Gasteiger partial charge in [0.25, 0.3) is 0 Å². The molecule has 0 radical (unpaired) electrons. The highest BCUT2D eigenvalue weighted by Crippen LogP contribution is 2.66. The molecule has 29 heavy (non-hydrogen) atoms. The van der Waals surface area contributed by atoms with Gasteiger partial charge in [-0.1, -0.05) is 31.6 Å². The van der Waals surface area contributed by atoms with E-state index in [2.05, 4.69) is 36.1 Å². The molecule has 0 saturated heterocycles. The first kappa shape index (κ1) is 17.9. The highest BCUT2D eigenvalue weighted by molar-refractivity contribution is 5.80. The minimum Gasteiger partial charge on any atom is -0.393 e. The fourth-order valence-corrected chi connectivity index (χ4v) is 7.64. The van der Waals surface area contributed by atoms with E-state index in [1.54, 1.807) is 5.57 Å². The van der Waals surface area contributed by atoms with Crippen LogP contribution in [0.3, 0.4) is 0 Å². The number of hydrogen-bond acceptors (Lipinski definition) is 3. The maximum absolute atomic E-state index is 10.2. The maximum atomic E-state index is 10.2. The average molecular weight is 390 g/mol. The van der Waals surface area contributed by atoms with E-state index in [9.17, 15) is 5.11 Å². The van der Waals surface area contributed by atoms with E-state index in [1.165, 1.54) is 36.8 Å². The number of fused-ring (bicyclic) bond motifs is 6. The number of rotatable bonds is 1. The fraction of sp³-hybridized carbons (Fsp3) is 0.600. The molecule has 2 heterocycles. The van der Waals surface area contributed by atoms with Gasteiger partial charge in [0, 0.05) is 18.0 Å². The van der Waals surface area contributed by atoms with Crippen LogP contribution in [-0.4, -0.2) is 25.8 Å². The van der Waals surface area contributed by atoms with Crippen LogP contribution < -0.4 is 0 Å². The van der Waals surface area contributed by atoms with Crippen LogP contribution in [0.25, 0.3) is 11.2 Å². The molecule has 152 valence electrons. The summed E-state index contributed by atoms with van der Waals surface area (Å²) in [6.45, 7) is 5.01. The maximum Gasteiger partial charge on any atom is 0.162 e. The van der Waals surface area contributed by atoms with Crippen LogP contribution in [0.4, 0.5) is 0 Å². The van der Waals surface area contributed by atoms with Gasteiger partial charge in [-0.15, -0.1) is 0 Å². The summed E-state index contributed by atoms with van der Waals surface area (Å²) in [7, 11) is 0. The van der Waals surface area contributed by atoms with Crippen LogP contribution >= 0.6 is 0 Å². The Kier molecular flexibility index (Phi) is 3.72. The molecule has 0 spiro atoms. The lowest BCUT2D eigenvalue weighted by Gasteiger charge is -2.57. The fourth-order valence-electron chi connectivity index (χ4n) is 7.64. The van der Waals surface area contributed by atoms with E-state index in [0.717, 1.165) is 36.7 Å². The summed E-state index contributed by atoms with van der Waals surface area (Å²) >= 11 is 0. The van der Waals surface area contributed by atoms with Gasteiger partial charge in [0.1, 0.15) is 0 Å². The second-order valence-electron chi connectivity index (χ2n) is 10.4. The van der Waals surface area contributed by atoms with Crippen molar-refractivity contribution in [2.75, 3.05) is 0 Å². The number of aliphatic hydroxyl groups is 1. The largest absolute Gasteiger partial charge is 0.393 e. The van der Waals surface area contributed by atoms with Crippen LogP contribution in [0.2, 0.25) is 0 Å². The van der Waals surface area contributed by atoms with Gasteiger partial charge in [-0.25, -0.2) is 9.50 Å². The monoisotopic (exact) mass is 389 g/mol. The summed E-state index contributed by atoms with van der Waals surface area (Å²) in [5, 5.41) is 14.8. The van der Waals surface area contributed by atoms with E-state index in [0.29, 0.717) is 11.3 Å². The second kappa shape index (κ2) is 6.04. The standard InChI is InChI=1S/C25H31N3O/c1-24-10-8-17(29)14-16(24)4-5-18-20-6-7-21(25(20,2)11-9-22(18)24)19-15-27-28-13-3-12-26-23(19)28/h3-4,7,12-13,15,17-18,20,22,29H,5-6,8-11,14H2,1-2H3/t17-,18?,20?,22?,24-,25-/m0/s1. The molecule has 1 N–H and O–H groups in total. The number of allylic oxidation sites excluding steroid dienone is 3. The van der Waals surface area contributed by atoms with Gasteiger partial charge in [0.15, 0.2) is 5.65 Å². The van der Waals surface area contributed by atoms with Crippen molar-refractivity contribution in [2.24, 2.45) is 28.6 Å². The van der Waals surface area contributed by atoms with Gasteiger partial charge >= 0.3 is 0 Å². The Morgan fingerprint density at radius 1 is 1.07 bits per heavy atom. The Labute approximate surface area is 172 Å². The van der Waals surface area contributed by atoms with Crippen molar-refractivity contribution in [3.8, 4) is 0 Å². The third kappa shape index (κ3) is 2.35. The van der Waals surface area contributed by atoms with E-state index >= 15 is 0 Å². The molecule has 2 saturated carbocycles. The first-order valence-corrected chi connectivity index (χ1v) is 11.4. The van der Waals surface area contributed by atoms with Gasteiger partial charge < -0.3 is 5.11 Å². The SMILES string of the molecule is C[C@]12CC[C@H](O)CC1=CCC1C2CC[C@]2(C)C(c3cnn4cccnc34)=CCC12. The van der Waals surface area contributed by atoms with Gasteiger partial charge in [-0.05, 0) is 85.2 Å². The average Bonchev–Trinajstić information content (AvgIpc) is 3.29. The Morgan fingerprint density at radius 2 is 1.93 bits per heavy atom. The molecule has 0 aliphatic heterocycles. The molecular formula is C25H31N3O. The Hall–Kier alpha value is -1.94. The van der Waals surface area contributed by atoms with Crippen molar-refractivity contribution >= 4 is 11.2 Å². The van der Waals surface area contributed by atoms with Crippen LogP contribution in [0.5, 0.6) is 0 Å². The lowest BCUT2D eigenvalue weighted by molar-refractivity contribution is -0.0237. The number of aliphatic hydroxyl groups excluding tert-OH is 1. The van der Waals surface area contributed by atoms with E-state index in [1.807, 2.05) is 29.2 Å². The van der Waals surface area contributed by atoms with Crippen LogP contribution in [-0.2, 0) is 0 Å². The van der Waals surface area contributed by atoms with Crippen molar-refractivity contribution in [1.29, 1.82) is 0 Å².